The summed E-state index contributed by atoms with van der Waals surface area (Å²) in [5, 5.41) is 0. The standard InChI is InChI=1S/C7H3ClFNO2S2/c8-14(11,12)5-2-1-4(9)7-6(5)10-3-13-7/h1-3H. The molecule has 0 aliphatic heterocycles. The number of aromatic nitrogens is 1. The van der Waals surface area contributed by atoms with Crippen LogP contribution in [-0.4, -0.2) is 13.4 Å². The van der Waals surface area contributed by atoms with Gasteiger partial charge in [0.15, 0.2) is 0 Å². The third-order valence-corrected chi connectivity index (χ3v) is 3.85. The summed E-state index contributed by atoms with van der Waals surface area (Å²) < 4.78 is 35.4. The van der Waals surface area contributed by atoms with Crippen molar-refractivity contribution in [3.05, 3.63) is 23.5 Å². The Hall–Kier alpha value is -0.720. The topological polar surface area (TPSA) is 47.0 Å². The molecule has 1 aromatic heterocycles. The molecule has 0 fully saturated rings. The summed E-state index contributed by atoms with van der Waals surface area (Å²) in [6, 6.07) is 2.18. The summed E-state index contributed by atoms with van der Waals surface area (Å²) in [6.45, 7) is 0. The second-order valence-corrected chi connectivity index (χ2v) is 5.90. The van der Waals surface area contributed by atoms with Crippen LogP contribution in [0, 0.1) is 5.82 Å². The van der Waals surface area contributed by atoms with Crippen molar-refractivity contribution >= 4 is 41.3 Å². The first kappa shape index (κ1) is 9.82. The number of rotatable bonds is 1. The third-order valence-electron chi connectivity index (χ3n) is 1.66. The van der Waals surface area contributed by atoms with Crippen LogP contribution in [0.2, 0.25) is 0 Å². The molecule has 74 valence electrons. The number of benzene rings is 1. The number of nitrogens with zero attached hydrogens (tertiary/aromatic N) is 1. The molecular formula is C7H3ClFNO2S2. The van der Waals surface area contributed by atoms with Crippen molar-refractivity contribution < 1.29 is 12.8 Å². The average molecular weight is 252 g/mol. The molecule has 0 radical (unpaired) electrons. The molecule has 0 saturated heterocycles. The third kappa shape index (κ3) is 1.49. The van der Waals surface area contributed by atoms with E-state index in [4.69, 9.17) is 10.7 Å². The summed E-state index contributed by atoms with van der Waals surface area (Å²) in [5.41, 5.74) is 1.46. The van der Waals surface area contributed by atoms with Gasteiger partial charge in [-0.05, 0) is 12.1 Å². The van der Waals surface area contributed by atoms with Crippen LogP contribution in [0.5, 0.6) is 0 Å². The molecule has 0 atom stereocenters. The molecule has 0 N–H and O–H groups in total. The SMILES string of the molecule is O=S(=O)(Cl)c1ccc(F)c2scnc12. The van der Waals surface area contributed by atoms with Crippen LogP contribution in [0.4, 0.5) is 4.39 Å². The summed E-state index contributed by atoms with van der Waals surface area (Å²) in [5.74, 6) is -0.494. The van der Waals surface area contributed by atoms with Crippen molar-refractivity contribution in [1.29, 1.82) is 0 Å². The molecule has 2 aromatic rings. The van der Waals surface area contributed by atoms with Crippen LogP contribution < -0.4 is 0 Å². The molecule has 0 amide bonds. The van der Waals surface area contributed by atoms with E-state index in [1.165, 1.54) is 5.51 Å². The maximum absolute atomic E-state index is 13.1. The van der Waals surface area contributed by atoms with Gasteiger partial charge in [0.05, 0.1) is 10.2 Å². The molecule has 3 nitrogen and oxygen atoms in total. The van der Waals surface area contributed by atoms with Crippen molar-refractivity contribution in [3.63, 3.8) is 0 Å². The summed E-state index contributed by atoms with van der Waals surface area (Å²) in [4.78, 5) is 3.61. The molecule has 0 saturated carbocycles. The van der Waals surface area contributed by atoms with E-state index in [1.807, 2.05) is 0 Å². The smallest absolute Gasteiger partial charge is 0.243 e. The van der Waals surface area contributed by atoms with E-state index >= 15 is 0 Å². The molecule has 1 heterocycles. The van der Waals surface area contributed by atoms with Gasteiger partial charge < -0.3 is 0 Å². The average Bonchev–Trinajstić information content (AvgIpc) is 2.50. The van der Waals surface area contributed by atoms with E-state index in [0.717, 1.165) is 23.5 Å². The van der Waals surface area contributed by atoms with Crippen molar-refractivity contribution in [2.75, 3.05) is 0 Å². The fourth-order valence-corrected chi connectivity index (χ4v) is 2.86. The molecule has 0 spiro atoms. The number of halogens is 2. The van der Waals surface area contributed by atoms with E-state index in [2.05, 4.69) is 4.98 Å². The fourth-order valence-electron chi connectivity index (χ4n) is 1.09. The fraction of sp³-hybridized carbons (Fsp3) is 0. The minimum Gasteiger partial charge on any atom is -0.243 e. The van der Waals surface area contributed by atoms with Gasteiger partial charge in [0.1, 0.15) is 16.2 Å². The van der Waals surface area contributed by atoms with Gasteiger partial charge in [-0.2, -0.15) is 0 Å². The molecule has 1 aromatic carbocycles. The second kappa shape index (κ2) is 3.15. The Bertz CT molecular complexity index is 593. The molecule has 2 rings (SSSR count). The van der Waals surface area contributed by atoms with Gasteiger partial charge >= 0.3 is 0 Å². The zero-order chi connectivity index (χ0) is 10.3. The van der Waals surface area contributed by atoms with E-state index < -0.39 is 14.9 Å². The number of hydrogen-bond acceptors (Lipinski definition) is 4. The number of fused-ring (bicyclic) bond motifs is 1. The van der Waals surface area contributed by atoms with Crippen LogP contribution in [0.3, 0.4) is 0 Å². The van der Waals surface area contributed by atoms with Crippen molar-refractivity contribution in [2.24, 2.45) is 0 Å². The quantitative estimate of drug-likeness (QED) is 0.731. The van der Waals surface area contributed by atoms with Crippen LogP contribution in [-0.2, 0) is 9.05 Å². The van der Waals surface area contributed by atoms with Gasteiger partial charge in [0, 0.05) is 10.7 Å². The lowest BCUT2D eigenvalue weighted by Gasteiger charge is -1.97. The van der Waals surface area contributed by atoms with Crippen LogP contribution in [0.25, 0.3) is 10.2 Å². The molecule has 14 heavy (non-hydrogen) atoms. The minimum atomic E-state index is -3.87. The Morgan fingerprint density at radius 2 is 2.14 bits per heavy atom. The summed E-state index contributed by atoms with van der Waals surface area (Å²) >= 11 is 1.04. The predicted octanol–water partition coefficient (Wildman–Crippen LogP) is 2.36. The van der Waals surface area contributed by atoms with Crippen LogP contribution in [0.1, 0.15) is 0 Å². The largest absolute Gasteiger partial charge is 0.263 e. The lowest BCUT2D eigenvalue weighted by atomic mass is 10.3. The highest BCUT2D eigenvalue weighted by Gasteiger charge is 2.17. The van der Waals surface area contributed by atoms with Crippen LogP contribution >= 0.6 is 22.0 Å². The Labute approximate surface area is 87.6 Å². The molecule has 0 unspecified atom stereocenters. The lowest BCUT2D eigenvalue weighted by Crippen LogP contribution is -1.92. The molecule has 7 heteroatoms. The first-order valence-corrected chi connectivity index (χ1v) is 6.65. The van der Waals surface area contributed by atoms with Gasteiger partial charge in [-0.1, -0.05) is 0 Å². The molecule has 0 bridgehead atoms. The summed E-state index contributed by atoms with van der Waals surface area (Å²) in [7, 11) is 1.29. The van der Waals surface area contributed by atoms with Crippen LogP contribution in [0.15, 0.2) is 22.5 Å². The van der Waals surface area contributed by atoms with Crippen molar-refractivity contribution in [3.8, 4) is 0 Å². The van der Waals surface area contributed by atoms with E-state index in [1.54, 1.807) is 0 Å². The van der Waals surface area contributed by atoms with Gasteiger partial charge in [-0.3, -0.25) is 0 Å². The monoisotopic (exact) mass is 251 g/mol. The van der Waals surface area contributed by atoms with E-state index in [9.17, 15) is 12.8 Å². The normalized spacial score (nSPS) is 12.1. The molecule has 0 aliphatic rings. The van der Waals surface area contributed by atoms with Gasteiger partial charge in [0.2, 0.25) is 0 Å². The summed E-state index contributed by atoms with van der Waals surface area (Å²) in [6.07, 6.45) is 0. The number of thiazole rings is 1. The maximum atomic E-state index is 13.1. The van der Waals surface area contributed by atoms with Crippen molar-refractivity contribution in [1.82, 2.24) is 4.98 Å². The minimum absolute atomic E-state index is 0.0880. The second-order valence-electron chi connectivity index (χ2n) is 2.51. The first-order valence-electron chi connectivity index (χ1n) is 3.46. The van der Waals surface area contributed by atoms with Crippen molar-refractivity contribution in [2.45, 2.75) is 4.90 Å². The zero-order valence-electron chi connectivity index (χ0n) is 6.57. The van der Waals surface area contributed by atoms with E-state index in [-0.39, 0.29) is 15.1 Å². The first-order chi connectivity index (χ1) is 6.50. The van der Waals surface area contributed by atoms with Gasteiger partial charge in [-0.15, -0.1) is 11.3 Å². The van der Waals surface area contributed by atoms with E-state index in [0.29, 0.717) is 0 Å². The maximum Gasteiger partial charge on any atom is 0.263 e. The molecule has 0 aliphatic carbocycles. The number of hydrogen-bond donors (Lipinski definition) is 0. The Kier molecular flexibility index (Phi) is 2.21. The predicted molar refractivity (Wildman–Crippen MR) is 52.6 cm³/mol. The lowest BCUT2D eigenvalue weighted by molar-refractivity contribution is 0.609. The zero-order valence-corrected chi connectivity index (χ0v) is 8.96. The Morgan fingerprint density at radius 1 is 1.43 bits per heavy atom. The highest BCUT2D eigenvalue weighted by atomic mass is 35.7. The van der Waals surface area contributed by atoms with Gasteiger partial charge in [0.25, 0.3) is 9.05 Å². The highest BCUT2D eigenvalue weighted by molar-refractivity contribution is 8.14. The Balaban J connectivity index is 2.93. The Morgan fingerprint density at radius 3 is 2.79 bits per heavy atom. The van der Waals surface area contributed by atoms with Gasteiger partial charge in [-0.25, -0.2) is 17.8 Å². The highest BCUT2D eigenvalue weighted by Crippen LogP contribution is 2.29. The molecular weight excluding hydrogens is 249 g/mol.